The molecule has 5 nitrogen and oxygen atoms in total. The first-order valence-corrected chi connectivity index (χ1v) is 7.45. The van der Waals surface area contributed by atoms with Crippen molar-refractivity contribution < 1.29 is 9.90 Å². The highest BCUT2D eigenvalue weighted by atomic mass is 16.4. The monoisotopic (exact) mass is 315 g/mol. The van der Waals surface area contributed by atoms with Crippen LogP contribution in [-0.4, -0.2) is 26.0 Å². The molecule has 0 aliphatic heterocycles. The van der Waals surface area contributed by atoms with E-state index < -0.39 is 5.97 Å². The van der Waals surface area contributed by atoms with Gasteiger partial charge in [0.1, 0.15) is 5.82 Å². The average Bonchev–Trinajstić information content (AvgIpc) is 3.06. The maximum absolute atomic E-state index is 11.1. The number of aromatic nitrogens is 3. The van der Waals surface area contributed by atoms with Crippen LogP contribution in [0.1, 0.15) is 10.4 Å². The number of carbonyl (C=O) groups is 1. The predicted octanol–water partition coefficient (Wildman–Crippen LogP) is 3.99. The fourth-order valence-electron chi connectivity index (χ4n) is 2.61. The summed E-state index contributed by atoms with van der Waals surface area (Å²) in [4.78, 5) is 23.1. The Bertz CT molecular complexity index is 1020. The summed E-state index contributed by atoms with van der Waals surface area (Å²) in [6, 6.07) is 18.6. The number of nitrogens with one attached hydrogen (secondary N) is 1. The van der Waals surface area contributed by atoms with Crippen molar-refractivity contribution in [3.63, 3.8) is 0 Å². The Labute approximate surface area is 137 Å². The molecule has 0 saturated heterocycles. The van der Waals surface area contributed by atoms with Crippen molar-refractivity contribution in [3.8, 4) is 22.6 Å². The van der Waals surface area contributed by atoms with Crippen LogP contribution in [0.15, 0.2) is 66.9 Å². The highest BCUT2D eigenvalue weighted by Crippen LogP contribution is 2.24. The zero-order chi connectivity index (χ0) is 16.5. The van der Waals surface area contributed by atoms with Gasteiger partial charge in [0, 0.05) is 17.3 Å². The number of imidazole rings is 1. The summed E-state index contributed by atoms with van der Waals surface area (Å²) in [5.74, 6) is -0.243. The second-order valence-electron chi connectivity index (χ2n) is 5.41. The standard InChI is InChI=1S/C19H13N3O2/c23-19(24)14-8-9-16-17(11-14)22-18(21-16)13-6-4-12(5-7-13)15-3-1-2-10-20-15/h1-11H,(H,21,22)(H,23,24). The lowest BCUT2D eigenvalue weighted by Crippen LogP contribution is -1.94. The fraction of sp³-hybridized carbons (Fsp3) is 0. The molecule has 2 N–H and O–H groups in total. The van der Waals surface area contributed by atoms with Crippen LogP contribution >= 0.6 is 0 Å². The number of benzene rings is 2. The van der Waals surface area contributed by atoms with Crippen molar-refractivity contribution in [2.45, 2.75) is 0 Å². The van der Waals surface area contributed by atoms with Gasteiger partial charge < -0.3 is 10.1 Å². The number of aromatic carboxylic acids is 1. The maximum atomic E-state index is 11.1. The van der Waals surface area contributed by atoms with Gasteiger partial charge in [0.2, 0.25) is 0 Å². The normalized spacial score (nSPS) is 10.8. The third kappa shape index (κ3) is 2.52. The van der Waals surface area contributed by atoms with E-state index in [1.54, 1.807) is 24.4 Å². The Hall–Kier alpha value is -3.47. The summed E-state index contributed by atoms with van der Waals surface area (Å²) >= 11 is 0. The first-order chi connectivity index (χ1) is 11.7. The smallest absolute Gasteiger partial charge is 0.335 e. The largest absolute Gasteiger partial charge is 0.478 e. The zero-order valence-electron chi connectivity index (χ0n) is 12.6. The Balaban J connectivity index is 1.71. The van der Waals surface area contributed by atoms with Crippen molar-refractivity contribution >= 4 is 17.0 Å². The molecule has 4 rings (SSSR count). The first kappa shape index (κ1) is 14.1. The number of H-pyrrole nitrogens is 1. The van der Waals surface area contributed by atoms with E-state index in [4.69, 9.17) is 5.11 Å². The lowest BCUT2D eigenvalue weighted by Gasteiger charge is -2.01. The molecule has 4 aromatic rings. The SMILES string of the molecule is O=C(O)c1ccc2nc(-c3ccc(-c4ccccn4)cc3)[nH]c2c1. The van der Waals surface area contributed by atoms with Gasteiger partial charge in [-0.1, -0.05) is 30.3 Å². The van der Waals surface area contributed by atoms with Gasteiger partial charge in [-0.3, -0.25) is 4.98 Å². The number of fused-ring (bicyclic) bond motifs is 1. The number of hydrogen-bond acceptors (Lipinski definition) is 3. The highest BCUT2D eigenvalue weighted by Gasteiger charge is 2.09. The van der Waals surface area contributed by atoms with Crippen LogP contribution in [-0.2, 0) is 0 Å². The quantitative estimate of drug-likeness (QED) is 0.599. The van der Waals surface area contributed by atoms with Crippen molar-refractivity contribution in [1.29, 1.82) is 0 Å². The van der Waals surface area contributed by atoms with Gasteiger partial charge in [-0.2, -0.15) is 0 Å². The highest BCUT2D eigenvalue weighted by molar-refractivity contribution is 5.93. The van der Waals surface area contributed by atoms with Gasteiger partial charge >= 0.3 is 5.97 Å². The number of nitrogens with zero attached hydrogens (tertiary/aromatic N) is 2. The number of hydrogen-bond donors (Lipinski definition) is 2. The number of rotatable bonds is 3. The van der Waals surface area contributed by atoms with E-state index >= 15 is 0 Å². The summed E-state index contributed by atoms with van der Waals surface area (Å²) < 4.78 is 0. The van der Waals surface area contributed by atoms with Crippen LogP contribution in [0, 0.1) is 0 Å². The number of pyridine rings is 1. The van der Waals surface area contributed by atoms with E-state index in [2.05, 4.69) is 15.0 Å². The molecule has 5 heteroatoms. The van der Waals surface area contributed by atoms with E-state index in [1.807, 2.05) is 42.5 Å². The van der Waals surface area contributed by atoms with Crippen molar-refractivity contribution in [2.24, 2.45) is 0 Å². The van der Waals surface area contributed by atoms with E-state index in [1.165, 1.54) is 0 Å². The topological polar surface area (TPSA) is 78.9 Å². The molecule has 24 heavy (non-hydrogen) atoms. The van der Waals surface area contributed by atoms with Gasteiger partial charge in [0.25, 0.3) is 0 Å². The molecule has 0 spiro atoms. The lowest BCUT2D eigenvalue weighted by molar-refractivity contribution is 0.0697. The van der Waals surface area contributed by atoms with Crippen LogP contribution < -0.4 is 0 Å². The van der Waals surface area contributed by atoms with Crippen LogP contribution in [0.5, 0.6) is 0 Å². The lowest BCUT2D eigenvalue weighted by atomic mass is 10.1. The summed E-state index contributed by atoms with van der Waals surface area (Å²) in [6.45, 7) is 0. The average molecular weight is 315 g/mol. The van der Waals surface area contributed by atoms with Crippen molar-refractivity contribution in [1.82, 2.24) is 15.0 Å². The molecule has 0 aliphatic carbocycles. The minimum Gasteiger partial charge on any atom is -0.478 e. The van der Waals surface area contributed by atoms with E-state index in [-0.39, 0.29) is 5.56 Å². The maximum Gasteiger partial charge on any atom is 0.335 e. The van der Waals surface area contributed by atoms with Gasteiger partial charge in [-0.25, -0.2) is 9.78 Å². The van der Waals surface area contributed by atoms with Crippen LogP contribution in [0.25, 0.3) is 33.7 Å². The zero-order valence-corrected chi connectivity index (χ0v) is 12.6. The molecule has 0 unspecified atom stereocenters. The second-order valence-corrected chi connectivity index (χ2v) is 5.41. The molecule has 0 bridgehead atoms. The summed E-state index contributed by atoms with van der Waals surface area (Å²) in [7, 11) is 0. The fourth-order valence-corrected chi connectivity index (χ4v) is 2.61. The molecule has 2 heterocycles. The predicted molar refractivity (Wildman–Crippen MR) is 91.7 cm³/mol. The Kier molecular flexibility index (Phi) is 3.31. The first-order valence-electron chi connectivity index (χ1n) is 7.45. The summed E-state index contributed by atoms with van der Waals surface area (Å²) in [5, 5.41) is 9.07. The second kappa shape index (κ2) is 5.62. The minimum absolute atomic E-state index is 0.239. The molecule has 2 aromatic heterocycles. The van der Waals surface area contributed by atoms with Crippen LogP contribution in [0.4, 0.5) is 0 Å². The molecule has 2 aromatic carbocycles. The Morgan fingerprint density at radius 3 is 2.46 bits per heavy atom. The Morgan fingerprint density at radius 1 is 0.958 bits per heavy atom. The Morgan fingerprint density at radius 2 is 1.75 bits per heavy atom. The van der Waals surface area contributed by atoms with Gasteiger partial charge in [0.05, 0.1) is 22.3 Å². The van der Waals surface area contributed by atoms with Crippen molar-refractivity contribution in [3.05, 3.63) is 72.4 Å². The molecular formula is C19H13N3O2. The van der Waals surface area contributed by atoms with E-state index in [0.717, 1.165) is 22.3 Å². The number of aromatic amines is 1. The molecular weight excluding hydrogens is 302 g/mol. The number of carboxylic acid groups (broad SMARTS) is 1. The molecule has 0 radical (unpaired) electrons. The van der Waals surface area contributed by atoms with Gasteiger partial charge in [-0.05, 0) is 30.3 Å². The molecule has 0 amide bonds. The summed E-state index contributed by atoms with van der Waals surface area (Å²) in [5.41, 5.74) is 4.57. The van der Waals surface area contributed by atoms with E-state index in [0.29, 0.717) is 11.3 Å². The van der Waals surface area contributed by atoms with Gasteiger partial charge in [-0.15, -0.1) is 0 Å². The minimum atomic E-state index is -0.951. The molecule has 0 fully saturated rings. The molecule has 0 aliphatic rings. The van der Waals surface area contributed by atoms with E-state index in [9.17, 15) is 4.79 Å². The molecule has 0 atom stereocenters. The molecule has 116 valence electrons. The summed E-state index contributed by atoms with van der Waals surface area (Å²) in [6.07, 6.45) is 1.77. The van der Waals surface area contributed by atoms with Crippen molar-refractivity contribution in [2.75, 3.05) is 0 Å². The van der Waals surface area contributed by atoms with Crippen LogP contribution in [0.2, 0.25) is 0 Å². The van der Waals surface area contributed by atoms with Gasteiger partial charge in [0.15, 0.2) is 0 Å². The third-order valence-corrected chi connectivity index (χ3v) is 3.85. The third-order valence-electron chi connectivity index (χ3n) is 3.85. The number of carboxylic acids is 1. The van der Waals surface area contributed by atoms with Crippen LogP contribution in [0.3, 0.4) is 0 Å². The molecule has 0 saturated carbocycles.